The number of rotatable bonds is 7. The summed E-state index contributed by atoms with van der Waals surface area (Å²) in [6, 6.07) is 15.1. The fourth-order valence-corrected chi connectivity index (χ4v) is 3.38. The van der Waals surface area contributed by atoms with Crippen LogP contribution >= 0.6 is 0 Å². The molecule has 0 radical (unpaired) electrons. The SMILES string of the molecule is Cc1cccc(CCCOCc2ccccc2)c1S(=O)(=O)O. The molecular weight excluding hydrogens is 300 g/mol. The average Bonchev–Trinajstić information content (AvgIpc) is 2.46. The monoisotopic (exact) mass is 320 g/mol. The number of benzene rings is 2. The standard InChI is InChI=1S/C17H20O4S/c1-14-7-5-10-16(17(14)22(18,19)20)11-6-12-21-13-15-8-3-2-4-9-15/h2-5,7-10H,6,11-13H2,1H3,(H,18,19,20). The molecule has 0 saturated carbocycles. The fraction of sp³-hybridized carbons (Fsp3) is 0.294. The van der Waals surface area contributed by atoms with Gasteiger partial charge in [0, 0.05) is 6.61 Å². The van der Waals surface area contributed by atoms with E-state index >= 15 is 0 Å². The first-order valence-electron chi connectivity index (χ1n) is 7.16. The third-order valence-electron chi connectivity index (χ3n) is 3.40. The van der Waals surface area contributed by atoms with Crippen molar-refractivity contribution < 1.29 is 17.7 Å². The molecule has 1 N–H and O–H groups in total. The largest absolute Gasteiger partial charge is 0.377 e. The lowest BCUT2D eigenvalue weighted by Crippen LogP contribution is -2.07. The third-order valence-corrected chi connectivity index (χ3v) is 4.50. The molecule has 2 aromatic carbocycles. The molecule has 0 aromatic heterocycles. The minimum atomic E-state index is -4.19. The number of ether oxygens (including phenoxy) is 1. The van der Waals surface area contributed by atoms with Crippen molar-refractivity contribution in [3.05, 3.63) is 65.2 Å². The minimum absolute atomic E-state index is 0.0260. The van der Waals surface area contributed by atoms with Crippen LogP contribution in [-0.4, -0.2) is 19.6 Å². The molecule has 0 aliphatic rings. The van der Waals surface area contributed by atoms with Crippen LogP contribution in [0, 0.1) is 6.92 Å². The van der Waals surface area contributed by atoms with Crippen molar-refractivity contribution in [3.63, 3.8) is 0 Å². The van der Waals surface area contributed by atoms with Gasteiger partial charge in [-0.25, -0.2) is 0 Å². The van der Waals surface area contributed by atoms with Gasteiger partial charge in [0.2, 0.25) is 0 Å². The highest BCUT2D eigenvalue weighted by Crippen LogP contribution is 2.21. The zero-order valence-electron chi connectivity index (χ0n) is 12.5. The quantitative estimate of drug-likeness (QED) is 0.627. The van der Waals surface area contributed by atoms with Crippen molar-refractivity contribution >= 4 is 10.1 Å². The smallest absolute Gasteiger partial charge is 0.295 e. The number of hydrogen-bond acceptors (Lipinski definition) is 3. The zero-order chi connectivity index (χ0) is 16.0. The maximum atomic E-state index is 11.5. The first-order chi connectivity index (χ1) is 10.5. The van der Waals surface area contributed by atoms with Crippen molar-refractivity contribution in [2.75, 3.05) is 6.61 Å². The maximum absolute atomic E-state index is 11.5. The Kier molecular flexibility index (Phi) is 5.71. The van der Waals surface area contributed by atoms with Crippen LogP contribution in [0.25, 0.3) is 0 Å². The summed E-state index contributed by atoms with van der Waals surface area (Å²) in [7, 11) is -4.19. The molecule has 4 nitrogen and oxygen atoms in total. The van der Waals surface area contributed by atoms with Gasteiger partial charge in [0.15, 0.2) is 0 Å². The molecule has 0 heterocycles. The summed E-state index contributed by atoms with van der Waals surface area (Å²) in [5.41, 5.74) is 2.30. The highest BCUT2D eigenvalue weighted by molar-refractivity contribution is 7.86. The summed E-state index contributed by atoms with van der Waals surface area (Å²) in [5.74, 6) is 0. The Bertz CT molecular complexity index is 709. The number of aryl methyl sites for hydroxylation is 2. The van der Waals surface area contributed by atoms with Crippen LogP contribution in [0.15, 0.2) is 53.4 Å². The van der Waals surface area contributed by atoms with E-state index in [2.05, 4.69) is 0 Å². The van der Waals surface area contributed by atoms with Gasteiger partial charge < -0.3 is 4.74 Å². The van der Waals surface area contributed by atoms with Crippen LogP contribution in [0.3, 0.4) is 0 Å². The predicted octanol–water partition coefficient (Wildman–Crippen LogP) is 3.39. The lowest BCUT2D eigenvalue weighted by molar-refractivity contribution is 0.118. The molecule has 0 amide bonds. The summed E-state index contributed by atoms with van der Waals surface area (Å²) in [6.45, 7) is 2.76. The topological polar surface area (TPSA) is 63.6 Å². The molecule has 0 aliphatic carbocycles. The van der Waals surface area contributed by atoms with Gasteiger partial charge in [-0.2, -0.15) is 8.42 Å². The molecular formula is C17H20O4S. The van der Waals surface area contributed by atoms with Crippen molar-refractivity contribution in [1.29, 1.82) is 0 Å². The van der Waals surface area contributed by atoms with Gasteiger partial charge in [0.1, 0.15) is 0 Å². The van der Waals surface area contributed by atoms with Crippen LogP contribution in [-0.2, 0) is 27.9 Å². The van der Waals surface area contributed by atoms with E-state index in [9.17, 15) is 13.0 Å². The lowest BCUT2D eigenvalue weighted by atomic mass is 10.1. The van der Waals surface area contributed by atoms with E-state index in [0.717, 1.165) is 5.56 Å². The molecule has 0 atom stereocenters. The van der Waals surface area contributed by atoms with Crippen LogP contribution in [0.2, 0.25) is 0 Å². The second-order valence-corrected chi connectivity index (χ2v) is 6.54. The Morgan fingerprint density at radius 2 is 1.77 bits per heavy atom. The van der Waals surface area contributed by atoms with Gasteiger partial charge in [-0.1, -0.05) is 48.5 Å². The molecule has 0 saturated heterocycles. The molecule has 0 spiro atoms. The summed E-state index contributed by atoms with van der Waals surface area (Å²) >= 11 is 0. The summed E-state index contributed by atoms with van der Waals surface area (Å²) in [5, 5.41) is 0. The van der Waals surface area contributed by atoms with Crippen molar-refractivity contribution in [3.8, 4) is 0 Å². The Labute approximate surface area is 131 Å². The molecule has 0 unspecified atom stereocenters. The van der Waals surface area contributed by atoms with Crippen molar-refractivity contribution in [2.24, 2.45) is 0 Å². The van der Waals surface area contributed by atoms with Crippen molar-refractivity contribution in [2.45, 2.75) is 31.3 Å². The Morgan fingerprint density at radius 3 is 2.45 bits per heavy atom. The van der Waals surface area contributed by atoms with E-state index in [4.69, 9.17) is 4.74 Å². The number of hydrogen-bond donors (Lipinski definition) is 1. The second kappa shape index (κ2) is 7.54. The highest BCUT2D eigenvalue weighted by Gasteiger charge is 2.17. The third kappa shape index (κ3) is 4.66. The van der Waals surface area contributed by atoms with E-state index < -0.39 is 10.1 Å². The maximum Gasteiger partial charge on any atom is 0.295 e. The zero-order valence-corrected chi connectivity index (χ0v) is 13.3. The van der Waals surface area contributed by atoms with Gasteiger partial charge in [-0.15, -0.1) is 0 Å². The van der Waals surface area contributed by atoms with E-state index in [1.165, 1.54) is 0 Å². The summed E-state index contributed by atoms with van der Waals surface area (Å²) < 4.78 is 37.9. The average molecular weight is 320 g/mol. The Hall–Kier alpha value is -1.69. The van der Waals surface area contributed by atoms with E-state index in [-0.39, 0.29) is 4.90 Å². The van der Waals surface area contributed by atoms with Gasteiger partial charge in [0.05, 0.1) is 11.5 Å². The fourth-order valence-electron chi connectivity index (χ4n) is 2.41. The summed E-state index contributed by atoms with van der Waals surface area (Å²) in [4.78, 5) is 0.0260. The van der Waals surface area contributed by atoms with Crippen LogP contribution in [0.1, 0.15) is 23.1 Å². The first-order valence-corrected chi connectivity index (χ1v) is 8.60. The first kappa shape index (κ1) is 16.7. The molecule has 0 bridgehead atoms. The normalized spacial score (nSPS) is 11.5. The van der Waals surface area contributed by atoms with Gasteiger partial charge in [-0.05, 0) is 36.5 Å². The Balaban J connectivity index is 1.89. The van der Waals surface area contributed by atoms with E-state index in [0.29, 0.717) is 37.2 Å². The van der Waals surface area contributed by atoms with Gasteiger partial charge >= 0.3 is 0 Å². The van der Waals surface area contributed by atoms with Crippen LogP contribution in [0.4, 0.5) is 0 Å². The molecule has 0 fully saturated rings. The van der Waals surface area contributed by atoms with E-state index in [1.54, 1.807) is 25.1 Å². The van der Waals surface area contributed by atoms with Crippen molar-refractivity contribution in [1.82, 2.24) is 0 Å². The second-order valence-electron chi connectivity index (χ2n) is 5.18. The highest BCUT2D eigenvalue weighted by atomic mass is 32.2. The predicted molar refractivity (Wildman–Crippen MR) is 85.4 cm³/mol. The Morgan fingerprint density at radius 1 is 1.05 bits per heavy atom. The van der Waals surface area contributed by atoms with Crippen LogP contribution in [0.5, 0.6) is 0 Å². The summed E-state index contributed by atoms with van der Waals surface area (Å²) in [6.07, 6.45) is 1.24. The lowest BCUT2D eigenvalue weighted by Gasteiger charge is -2.10. The molecule has 5 heteroatoms. The van der Waals surface area contributed by atoms with Gasteiger partial charge in [-0.3, -0.25) is 4.55 Å². The van der Waals surface area contributed by atoms with Gasteiger partial charge in [0.25, 0.3) is 10.1 Å². The minimum Gasteiger partial charge on any atom is -0.377 e. The molecule has 2 aromatic rings. The molecule has 22 heavy (non-hydrogen) atoms. The van der Waals surface area contributed by atoms with E-state index in [1.807, 2.05) is 30.3 Å². The van der Waals surface area contributed by atoms with Crippen LogP contribution < -0.4 is 0 Å². The molecule has 2 rings (SSSR count). The molecule has 0 aliphatic heterocycles. The molecule has 118 valence electrons.